The van der Waals surface area contributed by atoms with Crippen molar-refractivity contribution < 1.29 is 14.3 Å². The van der Waals surface area contributed by atoms with Gasteiger partial charge in [0.2, 0.25) is 0 Å². The maximum Gasteiger partial charge on any atom is 0.141 e. The molecule has 1 fully saturated rings. The zero-order valence-corrected chi connectivity index (χ0v) is 19.9. The number of rotatable bonds is 11. The lowest BCUT2D eigenvalue weighted by atomic mass is 9.96. The van der Waals surface area contributed by atoms with Crippen LogP contribution in [-0.2, 0) is 17.9 Å². The van der Waals surface area contributed by atoms with Crippen molar-refractivity contribution in [3.8, 4) is 11.5 Å². The highest BCUT2D eigenvalue weighted by Crippen LogP contribution is 2.32. The summed E-state index contributed by atoms with van der Waals surface area (Å²) >= 11 is 0. The number of likely N-dealkylation sites (tertiary alicyclic amines) is 1. The molecule has 0 saturated carbocycles. The number of aldehydes is 1. The van der Waals surface area contributed by atoms with Gasteiger partial charge >= 0.3 is 0 Å². The Hall–Kier alpha value is -3.68. The summed E-state index contributed by atoms with van der Waals surface area (Å²) in [7, 11) is 1.65. The van der Waals surface area contributed by atoms with Crippen molar-refractivity contribution in [3.05, 3.63) is 95.6 Å². The number of nitrogen functional groups attached to an aromatic ring is 1. The third-order valence-corrected chi connectivity index (χ3v) is 6.44. The molecule has 4 N–H and O–H groups in total. The molecule has 182 valence electrons. The maximum atomic E-state index is 12.6. The Bertz CT molecular complexity index is 1140. The molecule has 0 aliphatic carbocycles. The van der Waals surface area contributed by atoms with Crippen LogP contribution < -0.4 is 20.5 Å². The molecule has 0 radical (unpaired) electrons. The smallest absolute Gasteiger partial charge is 0.141 e. The third-order valence-electron chi connectivity index (χ3n) is 6.44. The van der Waals surface area contributed by atoms with Crippen molar-refractivity contribution >= 4 is 12.1 Å². The number of carbonyl (C=O) groups is 1. The van der Waals surface area contributed by atoms with Gasteiger partial charge in [0.25, 0.3) is 0 Å². The fourth-order valence-electron chi connectivity index (χ4n) is 4.56. The molecule has 3 aromatic carbocycles. The summed E-state index contributed by atoms with van der Waals surface area (Å²) in [5, 5.41) is 11.2. The number of nitrogens with two attached hydrogens (primary N) is 1. The predicted molar refractivity (Wildman–Crippen MR) is 137 cm³/mol. The molecule has 1 heterocycles. The van der Waals surface area contributed by atoms with Crippen molar-refractivity contribution in [1.29, 1.82) is 5.41 Å². The van der Waals surface area contributed by atoms with Gasteiger partial charge in [-0.25, -0.2) is 0 Å². The van der Waals surface area contributed by atoms with E-state index in [1.165, 1.54) is 0 Å². The SMILES string of the molecule is COc1ccc(CNCC2(C=O)C[C@@H](Oc3cccc(C(=N)N)c3)CN2Cc2ccccc2)cc1. The quantitative estimate of drug-likeness (QED) is 0.225. The van der Waals surface area contributed by atoms with Crippen molar-refractivity contribution in [1.82, 2.24) is 10.2 Å². The minimum Gasteiger partial charge on any atom is -0.497 e. The molecule has 7 heteroatoms. The average Bonchev–Trinajstić information content (AvgIpc) is 3.21. The Balaban J connectivity index is 1.49. The van der Waals surface area contributed by atoms with Gasteiger partial charge in [0.1, 0.15) is 29.7 Å². The van der Waals surface area contributed by atoms with Gasteiger partial charge in [0.05, 0.1) is 12.6 Å². The van der Waals surface area contributed by atoms with Crippen molar-refractivity contribution in [2.75, 3.05) is 20.2 Å². The average molecular weight is 473 g/mol. The van der Waals surface area contributed by atoms with Gasteiger partial charge < -0.3 is 25.3 Å². The number of nitrogens with zero attached hydrogens (tertiary/aromatic N) is 1. The highest BCUT2D eigenvalue weighted by molar-refractivity contribution is 5.95. The number of hydrogen-bond acceptors (Lipinski definition) is 6. The molecule has 1 aliphatic heterocycles. The first-order valence-corrected chi connectivity index (χ1v) is 11.7. The van der Waals surface area contributed by atoms with Crippen molar-refractivity contribution in [2.24, 2.45) is 5.73 Å². The van der Waals surface area contributed by atoms with E-state index in [1.807, 2.05) is 54.6 Å². The van der Waals surface area contributed by atoms with E-state index in [-0.39, 0.29) is 11.9 Å². The van der Waals surface area contributed by atoms with E-state index in [2.05, 4.69) is 22.3 Å². The molecule has 35 heavy (non-hydrogen) atoms. The van der Waals surface area contributed by atoms with Gasteiger partial charge in [0.15, 0.2) is 0 Å². The van der Waals surface area contributed by atoms with Crippen LogP contribution in [0.1, 0.15) is 23.1 Å². The van der Waals surface area contributed by atoms with Gasteiger partial charge in [0, 0.05) is 38.2 Å². The molecule has 1 aliphatic rings. The van der Waals surface area contributed by atoms with Crippen LogP contribution in [0, 0.1) is 5.41 Å². The van der Waals surface area contributed by atoms with E-state index in [9.17, 15) is 4.79 Å². The normalized spacial score (nSPS) is 19.9. The van der Waals surface area contributed by atoms with Crippen LogP contribution in [0.25, 0.3) is 0 Å². The summed E-state index contributed by atoms with van der Waals surface area (Å²) in [5.74, 6) is 1.46. The highest BCUT2D eigenvalue weighted by atomic mass is 16.5. The second kappa shape index (κ2) is 11.2. The first kappa shape index (κ1) is 24.4. The number of carbonyl (C=O) groups excluding carboxylic acids is 1. The predicted octanol–water partition coefficient (Wildman–Crippen LogP) is 3.36. The monoisotopic (exact) mass is 472 g/mol. The molecule has 1 saturated heterocycles. The second-order valence-corrected chi connectivity index (χ2v) is 8.92. The molecular formula is C28H32N4O3. The van der Waals surface area contributed by atoms with Crippen LogP contribution in [0.5, 0.6) is 11.5 Å². The van der Waals surface area contributed by atoms with Gasteiger partial charge in [-0.05, 0) is 35.4 Å². The topological polar surface area (TPSA) is 101 Å². The number of benzene rings is 3. The summed E-state index contributed by atoms with van der Waals surface area (Å²) in [6.45, 7) is 2.41. The van der Waals surface area contributed by atoms with E-state index in [0.29, 0.717) is 43.9 Å². The van der Waals surface area contributed by atoms with Gasteiger partial charge in [-0.1, -0.05) is 54.6 Å². The van der Waals surface area contributed by atoms with E-state index in [0.717, 1.165) is 23.2 Å². The first-order chi connectivity index (χ1) is 17.0. The van der Waals surface area contributed by atoms with Crippen LogP contribution in [0.15, 0.2) is 78.9 Å². The minimum absolute atomic E-state index is 0.00227. The number of hydrogen-bond donors (Lipinski definition) is 3. The molecule has 1 unspecified atom stereocenters. The fourth-order valence-corrected chi connectivity index (χ4v) is 4.56. The summed E-state index contributed by atoms with van der Waals surface area (Å²) in [6.07, 6.45) is 1.45. The largest absolute Gasteiger partial charge is 0.497 e. The van der Waals surface area contributed by atoms with E-state index in [4.69, 9.17) is 20.6 Å². The number of methoxy groups -OCH3 is 1. The van der Waals surface area contributed by atoms with Crippen molar-refractivity contribution in [3.63, 3.8) is 0 Å². The Labute approximate surface area is 206 Å². The van der Waals surface area contributed by atoms with Crippen LogP contribution in [-0.4, -0.2) is 48.9 Å². The zero-order chi connectivity index (χ0) is 24.7. The second-order valence-electron chi connectivity index (χ2n) is 8.92. The molecule has 0 aromatic heterocycles. The summed E-state index contributed by atoms with van der Waals surface area (Å²) in [5.41, 5.74) is 7.82. The Morgan fingerprint density at radius 1 is 1.09 bits per heavy atom. The third kappa shape index (κ3) is 6.07. The van der Waals surface area contributed by atoms with Crippen LogP contribution in [0.2, 0.25) is 0 Å². The van der Waals surface area contributed by atoms with Gasteiger partial charge in [-0.3, -0.25) is 10.3 Å². The molecule has 7 nitrogen and oxygen atoms in total. The summed E-state index contributed by atoms with van der Waals surface area (Å²) in [4.78, 5) is 14.8. The minimum atomic E-state index is -0.703. The molecule has 2 atom stereocenters. The molecular weight excluding hydrogens is 440 g/mol. The molecule has 3 aromatic rings. The zero-order valence-electron chi connectivity index (χ0n) is 19.9. The number of ether oxygens (including phenoxy) is 2. The number of amidine groups is 1. The molecule has 0 spiro atoms. The fraction of sp³-hybridized carbons (Fsp3) is 0.286. The lowest BCUT2D eigenvalue weighted by Crippen LogP contribution is -2.51. The highest BCUT2D eigenvalue weighted by Gasteiger charge is 2.46. The van der Waals surface area contributed by atoms with Crippen LogP contribution in [0.4, 0.5) is 0 Å². The molecule has 4 rings (SSSR count). The standard InChI is InChI=1S/C28H32N4O3/c1-34-24-12-10-21(11-13-24)16-31-19-28(20-33)15-26(18-32(28)17-22-6-3-2-4-7-22)35-25-9-5-8-23(14-25)27(29)30/h2-14,20,26,31H,15-19H2,1H3,(H3,29,30)/t26-,28?/m1/s1. The lowest BCUT2D eigenvalue weighted by molar-refractivity contribution is -0.117. The van der Waals surface area contributed by atoms with Gasteiger partial charge in [-0.2, -0.15) is 0 Å². The molecule has 0 amide bonds. The van der Waals surface area contributed by atoms with Crippen LogP contribution >= 0.6 is 0 Å². The van der Waals surface area contributed by atoms with E-state index >= 15 is 0 Å². The maximum absolute atomic E-state index is 12.6. The van der Waals surface area contributed by atoms with Crippen molar-refractivity contribution in [2.45, 2.75) is 31.2 Å². The van der Waals surface area contributed by atoms with E-state index in [1.54, 1.807) is 19.2 Å². The lowest BCUT2D eigenvalue weighted by Gasteiger charge is -2.33. The Kier molecular flexibility index (Phi) is 7.80. The Morgan fingerprint density at radius 3 is 2.54 bits per heavy atom. The Morgan fingerprint density at radius 2 is 1.86 bits per heavy atom. The van der Waals surface area contributed by atoms with Crippen LogP contribution in [0.3, 0.4) is 0 Å². The molecule has 0 bridgehead atoms. The summed E-state index contributed by atoms with van der Waals surface area (Å²) < 4.78 is 11.5. The first-order valence-electron chi connectivity index (χ1n) is 11.7. The number of nitrogens with one attached hydrogen (secondary N) is 2. The van der Waals surface area contributed by atoms with E-state index < -0.39 is 5.54 Å². The van der Waals surface area contributed by atoms with Gasteiger partial charge in [-0.15, -0.1) is 0 Å². The summed E-state index contributed by atoms with van der Waals surface area (Å²) in [6, 6.07) is 25.3.